The van der Waals surface area contributed by atoms with Crippen LogP contribution in [0.25, 0.3) is 0 Å². The van der Waals surface area contributed by atoms with E-state index in [1.807, 2.05) is 44.2 Å². The smallest absolute Gasteiger partial charge is 0.254 e. The van der Waals surface area contributed by atoms with Crippen molar-refractivity contribution in [3.05, 3.63) is 106 Å². The van der Waals surface area contributed by atoms with Crippen LogP contribution in [0, 0.1) is 13.8 Å². The fourth-order valence-corrected chi connectivity index (χ4v) is 5.64. The Morgan fingerprint density at radius 3 is 2.03 bits per heavy atom. The first-order valence-electron chi connectivity index (χ1n) is 11.3. The van der Waals surface area contributed by atoms with Crippen LogP contribution in [0.4, 0.5) is 0 Å². The number of hydrogen-bond acceptors (Lipinski definition) is 4. The highest BCUT2D eigenvalue weighted by Crippen LogP contribution is 2.21. The van der Waals surface area contributed by atoms with E-state index in [-0.39, 0.29) is 43.6 Å². The minimum Gasteiger partial charge on any atom is -0.336 e. The van der Waals surface area contributed by atoms with E-state index in [4.69, 9.17) is 0 Å². The van der Waals surface area contributed by atoms with Crippen LogP contribution in [0.3, 0.4) is 0 Å². The molecule has 176 valence electrons. The highest BCUT2D eigenvalue weighted by molar-refractivity contribution is 7.88. The van der Waals surface area contributed by atoms with Crippen LogP contribution >= 0.6 is 0 Å². The molecule has 3 aromatic carbocycles. The molecule has 4 rings (SSSR count). The Hall–Kier alpha value is -3.29. The van der Waals surface area contributed by atoms with Gasteiger partial charge in [-0.3, -0.25) is 9.59 Å². The lowest BCUT2D eigenvalue weighted by Crippen LogP contribution is -2.50. The summed E-state index contributed by atoms with van der Waals surface area (Å²) in [5.74, 6) is -0.515. The highest BCUT2D eigenvalue weighted by atomic mass is 32.2. The van der Waals surface area contributed by atoms with E-state index in [9.17, 15) is 18.0 Å². The molecule has 6 nitrogen and oxygen atoms in total. The molecule has 0 bridgehead atoms. The number of hydrogen-bond donors (Lipinski definition) is 0. The molecular weight excluding hydrogens is 448 g/mol. The van der Waals surface area contributed by atoms with Gasteiger partial charge in [-0.25, -0.2) is 8.42 Å². The molecule has 0 unspecified atom stereocenters. The van der Waals surface area contributed by atoms with Crippen molar-refractivity contribution in [2.75, 3.05) is 26.2 Å². The van der Waals surface area contributed by atoms with E-state index < -0.39 is 10.0 Å². The molecule has 7 heteroatoms. The Balaban J connectivity index is 1.48. The molecule has 1 aliphatic heterocycles. The standard InChI is InChI=1S/C27H28N2O4S/c1-20-12-13-23(18-21(20)2)26(30)24-10-6-7-11-25(24)27(31)28-14-16-29(17-15-28)34(32,33)19-22-8-4-3-5-9-22/h3-13,18H,14-17,19H2,1-2H3. The number of nitrogens with zero attached hydrogens (tertiary/aromatic N) is 2. The number of sulfonamides is 1. The van der Waals surface area contributed by atoms with Crippen molar-refractivity contribution < 1.29 is 18.0 Å². The molecule has 0 aromatic heterocycles. The van der Waals surface area contributed by atoms with E-state index in [1.54, 1.807) is 47.4 Å². The highest BCUT2D eigenvalue weighted by Gasteiger charge is 2.30. The summed E-state index contributed by atoms with van der Waals surface area (Å²) in [7, 11) is -3.47. The average molecular weight is 477 g/mol. The summed E-state index contributed by atoms with van der Waals surface area (Å²) < 4.78 is 27.1. The molecule has 0 aliphatic carbocycles. The topological polar surface area (TPSA) is 74.8 Å². The van der Waals surface area contributed by atoms with Gasteiger partial charge in [0.25, 0.3) is 5.91 Å². The van der Waals surface area contributed by atoms with Crippen LogP contribution in [0.5, 0.6) is 0 Å². The zero-order valence-electron chi connectivity index (χ0n) is 19.4. The monoisotopic (exact) mass is 476 g/mol. The Labute approximate surface area is 200 Å². The second-order valence-corrected chi connectivity index (χ2v) is 10.6. The van der Waals surface area contributed by atoms with Crippen LogP contribution in [-0.4, -0.2) is 55.5 Å². The van der Waals surface area contributed by atoms with Gasteiger partial charge in [-0.1, -0.05) is 60.7 Å². The van der Waals surface area contributed by atoms with Crippen molar-refractivity contribution in [2.24, 2.45) is 0 Å². The Bertz CT molecular complexity index is 1310. The van der Waals surface area contributed by atoms with E-state index >= 15 is 0 Å². The molecule has 0 atom stereocenters. The lowest BCUT2D eigenvalue weighted by molar-refractivity contribution is 0.0694. The molecule has 0 N–H and O–H groups in total. The SMILES string of the molecule is Cc1ccc(C(=O)c2ccccc2C(=O)N2CCN(S(=O)(=O)Cc3ccccc3)CC2)cc1C. The van der Waals surface area contributed by atoms with Crippen molar-refractivity contribution in [1.82, 2.24) is 9.21 Å². The number of carbonyl (C=O) groups excluding carboxylic acids is 2. The van der Waals surface area contributed by atoms with Gasteiger partial charge in [-0.05, 0) is 42.7 Å². The molecule has 1 fully saturated rings. The van der Waals surface area contributed by atoms with Gasteiger partial charge in [-0.15, -0.1) is 0 Å². The van der Waals surface area contributed by atoms with E-state index in [1.165, 1.54) is 4.31 Å². The lowest BCUT2D eigenvalue weighted by Gasteiger charge is -2.34. The fourth-order valence-electron chi connectivity index (χ4n) is 4.12. The van der Waals surface area contributed by atoms with Crippen molar-refractivity contribution in [3.63, 3.8) is 0 Å². The van der Waals surface area contributed by atoms with Gasteiger partial charge in [0.2, 0.25) is 10.0 Å². The summed E-state index contributed by atoms with van der Waals surface area (Å²) in [5, 5.41) is 0. The number of benzene rings is 3. The fraction of sp³-hybridized carbons (Fsp3) is 0.259. The van der Waals surface area contributed by atoms with Gasteiger partial charge < -0.3 is 4.90 Å². The maximum atomic E-state index is 13.3. The second-order valence-electron chi connectivity index (χ2n) is 8.61. The van der Waals surface area contributed by atoms with Crippen LogP contribution in [0.15, 0.2) is 72.8 Å². The third kappa shape index (κ3) is 5.11. The summed E-state index contributed by atoms with van der Waals surface area (Å²) >= 11 is 0. The first-order valence-corrected chi connectivity index (χ1v) is 12.9. The number of rotatable bonds is 6. The van der Waals surface area contributed by atoms with Gasteiger partial charge in [0, 0.05) is 37.3 Å². The Morgan fingerprint density at radius 2 is 1.38 bits per heavy atom. The maximum Gasteiger partial charge on any atom is 0.254 e. The first kappa shape index (κ1) is 23.9. The number of aryl methyl sites for hydroxylation is 2. The normalized spacial score (nSPS) is 14.7. The van der Waals surface area contributed by atoms with Gasteiger partial charge >= 0.3 is 0 Å². The largest absolute Gasteiger partial charge is 0.336 e. The zero-order valence-corrected chi connectivity index (χ0v) is 20.2. The second kappa shape index (κ2) is 9.91. The van der Waals surface area contributed by atoms with Crippen molar-refractivity contribution in [1.29, 1.82) is 0 Å². The third-order valence-corrected chi connectivity index (χ3v) is 8.13. The molecule has 0 radical (unpaired) electrons. The lowest BCUT2D eigenvalue weighted by atomic mass is 9.95. The molecule has 1 aliphatic rings. The number of amides is 1. The molecule has 1 saturated heterocycles. The number of ketones is 1. The zero-order chi connectivity index (χ0) is 24.3. The van der Waals surface area contributed by atoms with E-state index in [0.717, 1.165) is 16.7 Å². The average Bonchev–Trinajstić information content (AvgIpc) is 2.85. The summed E-state index contributed by atoms with van der Waals surface area (Å²) in [5.41, 5.74) is 4.09. The molecule has 1 amide bonds. The van der Waals surface area contributed by atoms with Gasteiger partial charge in [0.1, 0.15) is 0 Å². The van der Waals surface area contributed by atoms with E-state index in [0.29, 0.717) is 16.7 Å². The van der Waals surface area contributed by atoms with Crippen LogP contribution in [0.1, 0.15) is 43.0 Å². The quantitative estimate of drug-likeness (QED) is 0.507. The van der Waals surface area contributed by atoms with Crippen LogP contribution in [-0.2, 0) is 15.8 Å². The summed E-state index contributed by atoms with van der Waals surface area (Å²) in [6.45, 7) is 4.95. The van der Waals surface area contributed by atoms with Gasteiger partial charge in [-0.2, -0.15) is 4.31 Å². The van der Waals surface area contributed by atoms with Crippen LogP contribution < -0.4 is 0 Å². The minimum absolute atomic E-state index is 0.0604. The molecule has 0 saturated carbocycles. The van der Waals surface area contributed by atoms with Gasteiger partial charge in [0.15, 0.2) is 5.78 Å². The molecular formula is C27H28N2O4S. The summed E-state index contributed by atoms with van der Waals surface area (Å²) in [4.78, 5) is 28.2. The first-order chi connectivity index (χ1) is 16.3. The predicted octanol–water partition coefficient (Wildman–Crippen LogP) is 3.82. The van der Waals surface area contributed by atoms with Crippen molar-refractivity contribution in [2.45, 2.75) is 19.6 Å². The summed E-state index contributed by atoms with van der Waals surface area (Å²) in [6.07, 6.45) is 0. The Kier molecular flexibility index (Phi) is 6.95. The van der Waals surface area contributed by atoms with Crippen molar-refractivity contribution >= 4 is 21.7 Å². The molecule has 1 heterocycles. The van der Waals surface area contributed by atoms with Gasteiger partial charge in [0.05, 0.1) is 11.3 Å². The number of piperazine rings is 1. The Morgan fingerprint density at radius 1 is 0.765 bits per heavy atom. The summed E-state index contributed by atoms with van der Waals surface area (Å²) in [6, 6.07) is 21.4. The van der Waals surface area contributed by atoms with Crippen LogP contribution in [0.2, 0.25) is 0 Å². The predicted molar refractivity (Wildman–Crippen MR) is 132 cm³/mol. The maximum absolute atomic E-state index is 13.3. The van der Waals surface area contributed by atoms with Crippen molar-refractivity contribution in [3.8, 4) is 0 Å². The molecule has 0 spiro atoms. The van der Waals surface area contributed by atoms with E-state index in [2.05, 4.69) is 0 Å². The molecule has 34 heavy (non-hydrogen) atoms. The number of carbonyl (C=O) groups is 2. The molecule has 3 aromatic rings. The minimum atomic E-state index is -3.47. The third-order valence-electron chi connectivity index (χ3n) is 6.28.